The molecule has 2 aromatic carbocycles. The van der Waals surface area contributed by atoms with Crippen LogP contribution in [0.15, 0.2) is 47.5 Å². The molecular formula is C19H19N5O4S. The molecule has 5 rings (SSSR count). The number of piperazine rings is 1. The molecule has 0 radical (unpaired) electrons. The van der Waals surface area contributed by atoms with Crippen LogP contribution in [0.2, 0.25) is 0 Å². The van der Waals surface area contributed by atoms with Crippen molar-refractivity contribution in [2.75, 3.05) is 43.0 Å². The van der Waals surface area contributed by atoms with Crippen LogP contribution in [0.25, 0.3) is 10.9 Å². The molecule has 0 atom stereocenters. The van der Waals surface area contributed by atoms with E-state index in [-0.39, 0.29) is 17.2 Å². The standard InChI is InChI=1S/C19H19N5O4S/c25-18-12-28-16-2-1-3-17(19(16)22-18)29(26,27)24-15-10-14(5-4-13(15)11-21-24)23-8-6-20-7-9-23/h1-5,10-11,20H,6-9,12H2,(H,22,25). The number of hydrogen-bond donors (Lipinski definition) is 2. The van der Waals surface area contributed by atoms with Crippen molar-refractivity contribution in [2.24, 2.45) is 0 Å². The van der Waals surface area contributed by atoms with Gasteiger partial charge in [0, 0.05) is 37.3 Å². The van der Waals surface area contributed by atoms with Gasteiger partial charge < -0.3 is 20.3 Å². The minimum absolute atomic E-state index is 0.0550. The second kappa shape index (κ2) is 6.75. The van der Waals surface area contributed by atoms with Crippen molar-refractivity contribution in [1.29, 1.82) is 0 Å². The fourth-order valence-electron chi connectivity index (χ4n) is 3.68. The molecule has 3 aromatic rings. The molecule has 1 amide bonds. The van der Waals surface area contributed by atoms with Crippen LogP contribution in [-0.2, 0) is 14.8 Å². The summed E-state index contributed by atoms with van der Waals surface area (Å²) in [6.45, 7) is 3.32. The molecule has 150 valence electrons. The molecule has 0 spiro atoms. The second-order valence-corrected chi connectivity index (χ2v) is 8.67. The quantitative estimate of drug-likeness (QED) is 0.660. The molecule has 2 aliphatic rings. The van der Waals surface area contributed by atoms with Crippen LogP contribution in [0.1, 0.15) is 0 Å². The average Bonchev–Trinajstić information content (AvgIpc) is 3.18. The maximum Gasteiger partial charge on any atom is 0.285 e. The first-order valence-electron chi connectivity index (χ1n) is 9.29. The Kier molecular flexibility index (Phi) is 4.18. The second-order valence-electron chi connectivity index (χ2n) is 6.94. The molecular weight excluding hydrogens is 394 g/mol. The zero-order valence-electron chi connectivity index (χ0n) is 15.5. The molecule has 2 aliphatic heterocycles. The molecule has 0 saturated carbocycles. The Morgan fingerprint density at radius 1 is 1.10 bits per heavy atom. The smallest absolute Gasteiger partial charge is 0.285 e. The lowest BCUT2D eigenvalue weighted by Gasteiger charge is -2.29. The summed E-state index contributed by atoms with van der Waals surface area (Å²) in [5, 5.41) is 10.8. The summed E-state index contributed by atoms with van der Waals surface area (Å²) >= 11 is 0. The zero-order chi connectivity index (χ0) is 20.0. The van der Waals surface area contributed by atoms with E-state index >= 15 is 0 Å². The third-order valence-electron chi connectivity index (χ3n) is 5.12. The van der Waals surface area contributed by atoms with Gasteiger partial charge in [-0.25, -0.2) is 0 Å². The number of rotatable bonds is 3. The van der Waals surface area contributed by atoms with Crippen LogP contribution in [0.4, 0.5) is 11.4 Å². The number of aromatic nitrogens is 2. The van der Waals surface area contributed by atoms with Crippen LogP contribution >= 0.6 is 0 Å². The highest BCUT2D eigenvalue weighted by molar-refractivity contribution is 7.90. The average molecular weight is 413 g/mol. The number of para-hydroxylation sites is 1. The van der Waals surface area contributed by atoms with Gasteiger partial charge in [-0.1, -0.05) is 6.07 Å². The topological polar surface area (TPSA) is 106 Å². The van der Waals surface area contributed by atoms with Crippen molar-refractivity contribution in [3.63, 3.8) is 0 Å². The first-order chi connectivity index (χ1) is 14.0. The van der Waals surface area contributed by atoms with E-state index in [0.29, 0.717) is 11.3 Å². The van der Waals surface area contributed by atoms with E-state index in [1.54, 1.807) is 12.1 Å². The van der Waals surface area contributed by atoms with E-state index in [4.69, 9.17) is 4.74 Å². The largest absolute Gasteiger partial charge is 0.482 e. The highest BCUT2D eigenvalue weighted by Crippen LogP contribution is 2.36. The Hall–Kier alpha value is -3.11. The van der Waals surface area contributed by atoms with Crippen LogP contribution in [-0.4, -0.2) is 56.3 Å². The number of anilines is 2. The Balaban J connectivity index is 1.63. The van der Waals surface area contributed by atoms with Crippen LogP contribution in [0.5, 0.6) is 5.75 Å². The van der Waals surface area contributed by atoms with Crippen molar-refractivity contribution < 1.29 is 17.9 Å². The molecule has 0 bridgehead atoms. The lowest BCUT2D eigenvalue weighted by molar-refractivity contribution is -0.118. The van der Waals surface area contributed by atoms with Gasteiger partial charge in [-0.05, 0) is 30.3 Å². The summed E-state index contributed by atoms with van der Waals surface area (Å²) in [5.74, 6) is -0.0740. The van der Waals surface area contributed by atoms with Gasteiger partial charge in [0.05, 0.1) is 11.7 Å². The lowest BCUT2D eigenvalue weighted by Crippen LogP contribution is -2.43. The Morgan fingerprint density at radius 3 is 2.76 bits per heavy atom. The lowest BCUT2D eigenvalue weighted by atomic mass is 10.2. The molecule has 1 saturated heterocycles. The fraction of sp³-hybridized carbons (Fsp3) is 0.263. The third-order valence-corrected chi connectivity index (χ3v) is 6.76. The maximum atomic E-state index is 13.4. The van der Waals surface area contributed by atoms with Crippen LogP contribution in [0.3, 0.4) is 0 Å². The SMILES string of the molecule is O=C1COc2cccc(S(=O)(=O)n3ncc4ccc(N5CCNCC5)cc43)c2N1. The molecule has 9 nitrogen and oxygen atoms in total. The Bertz CT molecular complexity index is 1210. The number of carbonyl (C=O) groups is 1. The predicted octanol–water partition coefficient (Wildman–Crippen LogP) is 1.01. The van der Waals surface area contributed by atoms with E-state index in [2.05, 4.69) is 20.6 Å². The Labute approximate surface area is 167 Å². The van der Waals surface area contributed by atoms with Gasteiger partial charge in [0.1, 0.15) is 16.3 Å². The third kappa shape index (κ3) is 3.00. The normalized spacial score (nSPS) is 17.0. The Morgan fingerprint density at radius 2 is 1.93 bits per heavy atom. The number of fused-ring (bicyclic) bond motifs is 2. The first-order valence-corrected chi connectivity index (χ1v) is 10.7. The van der Waals surface area contributed by atoms with Crippen molar-refractivity contribution >= 4 is 38.2 Å². The summed E-state index contributed by atoms with van der Waals surface area (Å²) in [6, 6.07) is 10.3. The first kappa shape index (κ1) is 18.0. The van der Waals surface area contributed by atoms with Gasteiger partial charge in [0.25, 0.3) is 15.9 Å². The number of nitrogens with zero attached hydrogens (tertiary/aromatic N) is 3. The molecule has 0 unspecified atom stereocenters. The summed E-state index contributed by atoms with van der Waals surface area (Å²) in [7, 11) is -4.05. The zero-order valence-corrected chi connectivity index (χ0v) is 16.3. The molecule has 2 N–H and O–H groups in total. The number of benzene rings is 2. The van der Waals surface area contributed by atoms with Crippen molar-refractivity contribution in [3.8, 4) is 5.75 Å². The molecule has 1 fully saturated rings. The highest BCUT2D eigenvalue weighted by atomic mass is 32.2. The van der Waals surface area contributed by atoms with Gasteiger partial charge >= 0.3 is 0 Å². The van der Waals surface area contributed by atoms with E-state index < -0.39 is 15.9 Å². The minimum atomic E-state index is -4.05. The summed E-state index contributed by atoms with van der Waals surface area (Å²) in [6.07, 6.45) is 1.53. The van der Waals surface area contributed by atoms with Crippen molar-refractivity contribution in [2.45, 2.75) is 4.90 Å². The van der Waals surface area contributed by atoms with Crippen LogP contribution in [0, 0.1) is 0 Å². The molecule has 29 heavy (non-hydrogen) atoms. The van der Waals surface area contributed by atoms with E-state index in [9.17, 15) is 13.2 Å². The summed E-state index contributed by atoms with van der Waals surface area (Å²) < 4.78 is 33.3. The molecule has 1 aromatic heterocycles. The van der Waals surface area contributed by atoms with Crippen molar-refractivity contribution in [1.82, 2.24) is 14.5 Å². The number of hydrogen-bond acceptors (Lipinski definition) is 7. The minimum Gasteiger partial charge on any atom is -0.482 e. The predicted molar refractivity (Wildman–Crippen MR) is 108 cm³/mol. The van der Waals surface area contributed by atoms with Gasteiger partial charge in [0.15, 0.2) is 6.61 Å². The maximum absolute atomic E-state index is 13.4. The fourth-order valence-corrected chi connectivity index (χ4v) is 5.11. The van der Waals surface area contributed by atoms with Crippen LogP contribution < -0.4 is 20.3 Å². The van der Waals surface area contributed by atoms with E-state index in [1.807, 2.05) is 18.2 Å². The number of ether oxygens (including phenoxy) is 1. The monoisotopic (exact) mass is 413 g/mol. The molecule has 3 heterocycles. The van der Waals surface area contributed by atoms with Gasteiger partial charge in [-0.2, -0.15) is 17.6 Å². The number of amides is 1. The van der Waals surface area contributed by atoms with E-state index in [1.165, 1.54) is 12.3 Å². The van der Waals surface area contributed by atoms with Gasteiger partial charge in [0.2, 0.25) is 0 Å². The summed E-state index contributed by atoms with van der Waals surface area (Å²) in [5.41, 5.74) is 1.58. The highest BCUT2D eigenvalue weighted by Gasteiger charge is 2.29. The summed E-state index contributed by atoms with van der Waals surface area (Å²) in [4.78, 5) is 13.9. The molecule has 0 aliphatic carbocycles. The van der Waals surface area contributed by atoms with E-state index in [0.717, 1.165) is 41.3 Å². The van der Waals surface area contributed by atoms with Gasteiger partial charge in [-0.15, -0.1) is 0 Å². The van der Waals surface area contributed by atoms with Crippen molar-refractivity contribution in [3.05, 3.63) is 42.6 Å². The van der Waals surface area contributed by atoms with Gasteiger partial charge in [-0.3, -0.25) is 4.79 Å². The molecule has 10 heteroatoms. The number of nitrogens with one attached hydrogen (secondary N) is 2. The number of carbonyl (C=O) groups excluding carboxylic acids is 1.